The number of carbonyl (C=O) groups excluding carboxylic acids is 3. The highest BCUT2D eigenvalue weighted by Crippen LogP contribution is 2.30. The van der Waals surface area contributed by atoms with Gasteiger partial charge in [0.25, 0.3) is 11.8 Å². The number of sulfone groups is 1. The van der Waals surface area contributed by atoms with Crippen molar-refractivity contribution in [3.63, 3.8) is 0 Å². The number of benzene rings is 2. The Hall–Kier alpha value is -2.82. The van der Waals surface area contributed by atoms with Crippen molar-refractivity contribution in [1.29, 1.82) is 0 Å². The lowest BCUT2D eigenvalue weighted by Gasteiger charge is -2.24. The largest absolute Gasteiger partial charge is 0.300 e. The van der Waals surface area contributed by atoms with Crippen LogP contribution in [0.25, 0.3) is 10.2 Å². The quantitative estimate of drug-likeness (QED) is 0.546. The zero-order valence-electron chi connectivity index (χ0n) is 16.2. The summed E-state index contributed by atoms with van der Waals surface area (Å²) in [7, 11) is -3.44. The zero-order chi connectivity index (χ0) is 22.3. The molecule has 0 saturated carbocycles. The highest BCUT2D eigenvalue weighted by atomic mass is 35.5. The Kier molecular flexibility index (Phi) is 5.54. The molecule has 0 fully saturated rings. The Labute approximate surface area is 186 Å². The van der Waals surface area contributed by atoms with Crippen molar-refractivity contribution in [2.24, 2.45) is 0 Å². The van der Waals surface area contributed by atoms with E-state index in [1.54, 1.807) is 30.3 Å². The van der Waals surface area contributed by atoms with Gasteiger partial charge in [-0.15, -0.1) is 0 Å². The summed E-state index contributed by atoms with van der Waals surface area (Å²) in [6.07, 6.45) is 0.800. The summed E-state index contributed by atoms with van der Waals surface area (Å²) in [5.41, 5.74) is 0.983. The molecule has 0 aliphatic carbocycles. The first kappa shape index (κ1) is 21.4. The van der Waals surface area contributed by atoms with Crippen molar-refractivity contribution in [1.82, 2.24) is 9.88 Å². The molecule has 1 N–H and O–H groups in total. The molecule has 1 aromatic heterocycles. The molecule has 3 aromatic rings. The van der Waals surface area contributed by atoms with Gasteiger partial charge >= 0.3 is 0 Å². The molecule has 0 spiro atoms. The van der Waals surface area contributed by atoms with E-state index < -0.39 is 33.6 Å². The average Bonchev–Trinajstić information content (AvgIpc) is 3.20. The number of rotatable bonds is 6. The number of amides is 3. The second-order valence-corrected chi connectivity index (χ2v) is 10.8. The molecule has 1 aliphatic heterocycles. The van der Waals surface area contributed by atoms with Crippen molar-refractivity contribution in [3.8, 4) is 0 Å². The fraction of sp³-hybridized carbons (Fsp3) is 0.200. The second kappa shape index (κ2) is 8.03. The van der Waals surface area contributed by atoms with Gasteiger partial charge in [0, 0.05) is 11.3 Å². The van der Waals surface area contributed by atoms with Crippen LogP contribution in [0.4, 0.5) is 5.13 Å². The van der Waals surface area contributed by atoms with E-state index in [9.17, 15) is 22.8 Å². The smallest absolute Gasteiger partial charge is 0.262 e. The monoisotopic (exact) mass is 477 g/mol. The van der Waals surface area contributed by atoms with Crippen LogP contribution in [0.5, 0.6) is 0 Å². The standard InChI is InChI=1S/C20H16ClN3O5S2/c1-31(28,29)9-8-15(24-18(26)12-4-2-3-5-13(12)19(24)27)17(25)23-20-22-14-7-6-11(21)10-16(14)30-20/h2-7,10,15H,8-9H2,1H3,(H,22,23,25). The molecular weight excluding hydrogens is 462 g/mol. The zero-order valence-corrected chi connectivity index (χ0v) is 18.6. The molecule has 4 rings (SSSR count). The maximum absolute atomic E-state index is 13.1. The number of aromatic nitrogens is 1. The Bertz CT molecular complexity index is 1300. The summed E-state index contributed by atoms with van der Waals surface area (Å²) < 4.78 is 24.2. The Balaban J connectivity index is 1.65. The van der Waals surface area contributed by atoms with Gasteiger partial charge in [-0.1, -0.05) is 35.1 Å². The van der Waals surface area contributed by atoms with Crippen LogP contribution in [0.1, 0.15) is 27.1 Å². The minimum atomic E-state index is -3.44. The molecule has 1 aliphatic rings. The van der Waals surface area contributed by atoms with Crippen LogP contribution < -0.4 is 5.32 Å². The minimum absolute atomic E-state index is 0.180. The number of nitrogens with one attached hydrogen (secondary N) is 1. The number of halogens is 1. The molecule has 1 atom stereocenters. The Morgan fingerprint density at radius 3 is 2.42 bits per heavy atom. The lowest BCUT2D eigenvalue weighted by atomic mass is 10.1. The van der Waals surface area contributed by atoms with Crippen molar-refractivity contribution < 1.29 is 22.8 Å². The van der Waals surface area contributed by atoms with Gasteiger partial charge in [-0.25, -0.2) is 13.4 Å². The predicted molar refractivity (Wildman–Crippen MR) is 118 cm³/mol. The van der Waals surface area contributed by atoms with Crippen molar-refractivity contribution in [3.05, 3.63) is 58.6 Å². The van der Waals surface area contributed by atoms with Crippen molar-refractivity contribution >= 4 is 65.8 Å². The number of carbonyl (C=O) groups is 3. The van der Waals surface area contributed by atoms with Crippen LogP contribution in [0.15, 0.2) is 42.5 Å². The molecular formula is C20H16ClN3O5S2. The maximum atomic E-state index is 13.1. The first-order chi connectivity index (χ1) is 14.6. The summed E-state index contributed by atoms with van der Waals surface area (Å²) in [6.45, 7) is 0. The number of thiazole rings is 1. The van der Waals surface area contributed by atoms with E-state index >= 15 is 0 Å². The molecule has 1 unspecified atom stereocenters. The molecule has 0 saturated heterocycles. The van der Waals surface area contributed by atoms with Crippen molar-refractivity contribution in [2.45, 2.75) is 12.5 Å². The number of nitrogens with zero attached hydrogens (tertiary/aromatic N) is 2. The third-order valence-corrected chi connectivity index (χ3v) is 6.93. The number of anilines is 1. The van der Waals surface area contributed by atoms with Gasteiger partial charge < -0.3 is 5.32 Å². The van der Waals surface area contributed by atoms with Gasteiger partial charge in [0.1, 0.15) is 15.9 Å². The Morgan fingerprint density at radius 1 is 1.16 bits per heavy atom. The van der Waals surface area contributed by atoms with Gasteiger partial charge in [-0.05, 0) is 36.8 Å². The third-order valence-electron chi connectivity index (χ3n) is 4.78. The molecule has 11 heteroatoms. The molecule has 0 bridgehead atoms. The topological polar surface area (TPSA) is 114 Å². The maximum Gasteiger partial charge on any atom is 0.262 e. The van der Waals surface area contributed by atoms with E-state index in [2.05, 4.69) is 10.3 Å². The van der Waals surface area contributed by atoms with E-state index in [0.717, 1.165) is 15.9 Å². The van der Waals surface area contributed by atoms with Gasteiger partial charge in [0.15, 0.2) is 5.13 Å². The summed E-state index contributed by atoms with van der Waals surface area (Å²) in [5.74, 6) is -2.33. The molecule has 2 heterocycles. The predicted octanol–water partition coefficient (Wildman–Crippen LogP) is 2.99. The SMILES string of the molecule is CS(=O)(=O)CCC(C(=O)Nc1nc2ccc(Cl)cc2s1)N1C(=O)c2ccccc2C1=O. The first-order valence-corrected chi connectivity index (χ1v) is 12.4. The van der Waals surface area contributed by atoms with E-state index in [-0.39, 0.29) is 28.4 Å². The highest BCUT2D eigenvalue weighted by molar-refractivity contribution is 7.90. The number of fused-ring (bicyclic) bond motifs is 2. The van der Waals surface area contributed by atoms with Crippen LogP contribution in [0.3, 0.4) is 0 Å². The lowest BCUT2D eigenvalue weighted by Crippen LogP contribution is -2.48. The average molecular weight is 478 g/mol. The normalized spacial score (nSPS) is 14.7. The number of hydrogen-bond acceptors (Lipinski definition) is 7. The van der Waals surface area contributed by atoms with Crippen LogP contribution >= 0.6 is 22.9 Å². The van der Waals surface area contributed by atoms with Crippen LogP contribution in [0.2, 0.25) is 5.02 Å². The lowest BCUT2D eigenvalue weighted by molar-refractivity contribution is -0.120. The van der Waals surface area contributed by atoms with Crippen LogP contribution in [0, 0.1) is 0 Å². The number of imide groups is 1. The summed E-state index contributed by atoms with van der Waals surface area (Å²) >= 11 is 7.16. The van der Waals surface area contributed by atoms with E-state index in [1.807, 2.05) is 0 Å². The fourth-order valence-electron chi connectivity index (χ4n) is 3.33. The molecule has 2 aromatic carbocycles. The molecule has 3 amide bonds. The van der Waals surface area contributed by atoms with Gasteiger partial charge in [0.2, 0.25) is 5.91 Å². The van der Waals surface area contributed by atoms with Gasteiger partial charge in [0.05, 0.1) is 27.1 Å². The van der Waals surface area contributed by atoms with E-state index in [4.69, 9.17) is 11.6 Å². The van der Waals surface area contributed by atoms with Gasteiger partial charge in [-0.2, -0.15) is 0 Å². The number of hydrogen-bond donors (Lipinski definition) is 1. The van der Waals surface area contributed by atoms with Gasteiger partial charge in [-0.3, -0.25) is 19.3 Å². The highest BCUT2D eigenvalue weighted by Gasteiger charge is 2.43. The Morgan fingerprint density at radius 2 is 1.81 bits per heavy atom. The van der Waals surface area contributed by atoms with E-state index in [1.165, 1.54) is 23.5 Å². The molecule has 160 valence electrons. The minimum Gasteiger partial charge on any atom is -0.300 e. The van der Waals surface area contributed by atoms with Crippen LogP contribution in [-0.4, -0.2) is 54.1 Å². The molecule has 31 heavy (non-hydrogen) atoms. The molecule has 0 radical (unpaired) electrons. The van der Waals surface area contributed by atoms with E-state index in [0.29, 0.717) is 10.5 Å². The summed E-state index contributed by atoms with van der Waals surface area (Å²) in [6, 6.07) is 10.00. The fourth-order valence-corrected chi connectivity index (χ4v) is 5.13. The summed E-state index contributed by atoms with van der Waals surface area (Å²) in [5, 5.41) is 3.39. The molecule has 8 nitrogen and oxygen atoms in total. The van der Waals surface area contributed by atoms with Crippen molar-refractivity contribution in [2.75, 3.05) is 17.3 Å². The van der Waals surface area contributed by atoms with Crippen LogP contribution in [-0.2, 0) is 14.6 Å². The second-order valence-electron chi connectivity index (χ2n) is 7.08. The summed E-state index contributed by atoms with van der Waals surface area (Å²) in [4.78, 5) is 43.9. The third kappa shape index (κ3) is 4.32. The first-order valence-electron chi connectivity index (χ1n) is 9.15.